The number of nitrogens with zero attached hydrogens (tertiary/aromatic N) is 1. The summed E-state index contributed by atoms with van der Waals surface area (Å²) in [5.41, 5.74) is 0. The molecule has 0 aliphatic heterocycles. The zero-order chi connectivity index (χ0) is 37.0. The van der Waals surface area contributed by atoms with Gasteiger partial charge in [-0.25, -0.2) is 0 Å². The Hall–Kier alpha value is -1.02. The van der Waals surface area contributed by atoms with Crippen LogP contribution in [0.3, 0.4) is 0 Å². The molecule has 8 nitrogen and oxygen atoms in total. The first kappa shape index (κ1) is 49.0. The number of phosphoric ester groups is 1. The van der Waals surface area contributed by atoms with E-state index >= 15 is 0 Å². The summed E-state index contributed by atoms with van der Waals surface area (Å²) in [6.45, 7) is 5.37. The summed E-state index contributed by atoms with van der Waals surface area (Å²) < 4.78 is 34.5. The molecule has 0 aromatic heterocycles. The Bertz CT molecular complexity index is 858. The van der Waals surface area contributed by atoms with Crippen LogP contribution in [-0.4, -0.2) is 70.7 Å². The van der Waals surface area contributed by atoms with E-state index in [1.54, 1.807) is 0 Å². The maximum atomic E-state index is 12.6. The first-order valence-corrected chi connectivity index (χ1v) is 22.0. The molecule has 0 aromatic carbocycles. The summed E-state index contributed by atoms with van der Waals surface area (Å²) in [7, 11) is 1.36. The van der Waals surface area contributed by atoms with E-state index in [1.807, 2.05) is 21.1 Å². The molecule has 0 amide bonds. The Kier molecular flexibility index (Phi) is 34.3. The highest BCUT2D eigenvalue weighted by Gasteiger charge is 2.20. The molecule has 2 unspecified atom stereocenters. The fourth-order valence-corrected chi connectivity index (χ4v) is 6.25. The summed E-state index contributed by atoms with van der Waals surface area (Å²) >= 11 is 0. The van der Waals surface area contributed by atoms with E-state index in [4.69, 9.17) is 18.5 Å². The largest absolute Gasteiger partial charge is 0.756 e. The molecule has 2 atom stereocenters. The summed E-state index contributed by atoms with van der Waals surface area (Å²) in [6, 6.07) is 0. The van der Waals surface area contributed by atoms with Gasteiger partial charge >= 0.3 is 5.97 Å². The molecule has 50 heavy (non-hydrogen) atoms. The lowest BCUT2D eigenvalue weighted by Gasteiger charge is -2.28. The first-order chi connectivity index (χ1) is 24.1. The van der Waals surface area contributed by atoms with Crippen molar-refractivity contribution in [3.8, 4) is 0 Å². The summed E-state index contributed by atoms with van der Waals surface area (Å²) in [5.74, 6) is -0.338. The van der Waals surface area contributed by atoms with Crippen LogP contribution in [0.4, 0.5) is 0 Å². The lowest BCUT2D eigenvalue weighted by atomic mass is 10.1. The van der Waals surface area contributed by atoms with Crippen LogP contribution in [0.1, 0.15) is 174 Å². The number of rotatable bonds is 38. The smallest absolute Gasteiger partial charge is 0.306 e. The van der Waals surface area contributed by atoms with Gasteiger partial charge in [0.05, 0.1) is 34.4 Å². The maximum Gasteiger partial charge on any atom is 0.306 e. The SMILES string of the molecule is CCCCC/C=C\C/C=C\CCCCCCCCCCOCC(COP(=O)([O-])OCC[N+](C)(C)C)OC(=O)CCCCCCCCCCCC. The van der Waals surface area contributed by atoms with Crippen molar-refractivity contribution in [2.75, 3.05) is 54.1 Å². The summed E-state index contributed by atoms with van der Waals surface area (Å²) in [6.07, 6.45) is 37.5. The number of hydrogen-bond donors (Lipinski definition) is 0. The number of esters is 1. The molecular formula is C41H80NO7P. The van der Waals surface area contributed by atoms with Gasteiger partial charge in [-0.15, -0.1) is 0 Å². The molecule has 0 aliphatic carbocycles. The molecule has 0 heterocycles. The summed E-state index contributed by atoms with van der Waals surface area (Å²) in [5, 5.41) is 0. The van der Waals surface area contributed by atoms with Crippen LogP contribution in [-0.2, 0) is 27.9 Å². The molecule has 0 bridgehead atoms. The zero-order valence-electron chi connectivity index (χ0n) is 33.4. The number of unbranched alkanes of at least 4 members (excludes halogenated alkanes) is 20. The van der Waals surface area contributed by atoms with Gasteiger partial charge in [0.2, 0.25) is 0 Å². The van der Waals surface area contributed by atoms with E-state index in [1.165, 1.54) is 116 Å². The van der Waals surface area contributed by atoms with Gasteiger partial charge < -0.3 is 27.9 Å². The average Bonchev–Trinajstić information content (AvgIpc) is 3.06. The standard InChI is InChI=1S/C41H80NO7P/c1-6-8-10-12-14-16-18-19-20-21-22-23-24-25-27-29-31-33-36-46-38-40(39-48-50(44,45)47-37-35-42(3,4)5)49-41(43)34-32-30-28-26-17-15-13-11-9-7-2/h14,16,19-20,40H,6-13,15,17-18,21-39H2,1-5H3/b16-14-,20-19-. The van der Waals surface area contributed by atoms with Crippen LogP contribution in [0.15, 0.2) is 24.3 Å². The quantitative estimate of drug-likeness (QED) is 0.0205. The number of carbonyl (C=O) groups is 1. The van der Waals surface area contributed by atoms with E-state index in [-0.39, 0.29) is 25.8 Å². The number of allylic oxidation sites excluding steroid dienone is 4. The van der Waals surface area contributed by atoms with E-state index in [2.05, 4.69) is 38.2 Å². The van der Waals surface area contributed by atoms with Crippen LogP contribution < -0.4 is 4.89 Å². The normalized spacial score (nSPS) is 14.1. The molecule has 0 radical (unpaired) electrons. The lowest BCUT2D eigenvalue weighted by molar-refractivity contribution is -0.870. The molecule has 296 valence electrons. The molecule has 0 fully saturated rings. The molecular weight excluding hydrogens is 649 g/mol. The number of carbonyl (C=O) groups excluding carboxylic acids is 1. The molecule has 0 saturated heterocycles. The number of likely N-dealkylation sites (N-methyl/N-ethyl adjacent to an activating group) is 1. The highest BCUT2D eigenvalue weighted by atomic mass is 31.2. The topological polar surface area (TPSA) is 94.1 Å². The van der Waals surface area contributed by atoms with Crippen molar-refractivity contribution in [3.63, 3.8) is 0 Å². The van der Waals surface area contributed by atoms with Crippen molar-refractivity contribution in [1.29, 1.82) is 0 Å². The lowest BCUT2D eigenvalue weighted by Crippen LogP contribution is -2.37. The van der Waals surface area contributed by atoms with Gasteiger partial charge in [0.15, 0.2) is 0 Å². The Morgan fingerprint density at radius 1 is 0.620 bits per heavy atom. The van der Waals surface area contributed by atoms with E-state index < -0.39 is 13.9 Å². The van der Waals surface area contributed by atoms with Crippen LogP contribution >= 0.6 is 7.82 Å². The Morgan fingerprint density at radius 2 is 1.10 bits per heavy atom. The van der Waals surface area contributed by atoms with Crippen LogP contribution in [0.2, 0.25) is 0 Å². The molecule has 0 rings (SSSR count). The minimum atomic E-state index is -4.52. The number of quaternary nitrogens is 1. The molecule has 0 aromatic rings. The minimum Gasteiger partial charge on any atom is -0.756 e. The highest BCUT2D eigenvalue weighted by molar-refractivity contribution is 7.45. The van der Waals surface area contributed by atoms with E-state index in [0.717, 1.165) is 38.5 Å². The molecule has 0 N–H and O–H groups in total. The third-order valence-electron chi connectivity index (χ3n) is 8.76. The fourth-order valence-electron chi connectivity index (χ4n) is 5.52. The monoisotopic (exact) mass is 730 g/mol. The summed E-state index contributed by atoms with van der Waals surface area (Å²) in [4.78, 5) is 24.9. The third kappa shape index (κ3) is 38.2. The third-order valence-corrected chi connectivity index (χ3v) is 9.72. The number of phosphoric acid groups is 1. The van der Waals surface area contributed by atoms with Gasteiger partial charge in [0.1, 0.15) is 19.3 Å². The van der Waals surface area contributed by atoms with Gasteiger partial charge in [0, 0.05) is 13.0 Å². The predicted molar refractivity (Wildman–Crippen MR) is 208 cm³/mol. The Balaban J connectivity index is 4.21. The zero-order valence-corrected chi connectivity index (χ0v) is 34.2. The van der Waals surface area contributed by atoms with Gasteiger partial charge in [0.25, 0.3) is 7.82 Å². The van der Waals surface area contributed by atoms with Crippen molar-refractivity contribution in [2.24, 2.45) is 0 Å². The first-order valence-electron chi connectivity index (χ1n) is 20.6. The molecule has 9 heteroatoms. The van der Waals surface area contributed by atoms with Crippen molar-refractivity contribution >= 4 is 13.8 Å². The minimum absolute atomic E-state index is 0.0265. The van der Waals surface area contributed by atoms with Crippen molar-refractivity contribution in [2.45, 2.75) is 180 Å². The predicted octanol–water partition coefficient (Wildman–Crippen LogP) is 11.0. The van der Waals surface area contributed by atoms with E-state index in [0.29, 0.717) is 24.1 Å². The second kappa shape index (κ2) is 35.0. The van der Waals surface area contributed by atoms with Gasteiger partial charge in [-0.05, 0) is 44.9 Å². The maximum absolute atomic E-state index is 12.6. The second-order valence-corrected chi connectivity index (χ2v) is 16.4. The van der Waals surface area contributed by atoms with Gasteiger partial charge in [-0.3, -0.25) is 9.36 Å². The fraction of sp³-hybridized carbons (Fsp3) is 0.878. The van der Waals surface area contributed by atoms with Crippen LogP contribution in [0, 0.1) is 0 Å². The molecule has 0 saturated carbocycles. The Morgan fingerprint density at radius 3 is 1.66 bits per heavy atom. The van der Waals surface area contributed by atoms with Crippen molar-refractivity contribution in [3.05, 3.63) is 24.3 Å². The highest BCUT2D eigenvalue weighted by Crippen LogP contribution is 2.38. The van der Waals surface area contributed by atoms with Crippen LogP contribution in [0.5, 0.6) is 0 Å². The molecule has 0 spiro atoms. The van der Waals surface area contributed by atoms with Crippen molar-refractivity contribution < 1.29 is 37.3 Å². The van der Waals surface area contributed by atoms with Crippen LogP contribution in [0.25, 0.3) is 0 Å². The van der Waals surface area contributed by atoms with E-state index in [9.17, 15) is 14.3 Å². The number of hydrogen-bond acceptors (Lipinski definition) is 7. The molecule has 0 aliphatic rings. The Labute approximate surface area is 309 Å². The average molecular weight is 730 g/mol. The second-order valence-electron chi connectivity index (χ2n) is 15.0. The van der Waals surface area contributed by atoms with Crippen molar-refractivity contribution in [1.82, 2.24) is 0 Å². The van der Waals surface area contributed by atoms with Gasteiger partial charge in [-0.2, -0.15) is 0 Å². The van der Waals surface area contributed by atoms with Gasteiger partial charge in [-0.1, -0.05) is 147 Å². The number of ether oxygens (including phenoxy) is 2.